The maximum atomic E-state index is 6.77. The lowest BCUT2D eigenvalue weighted by Gasteiger charge is -2.39. The molecule has 0 radical (unpaired) electrons. The third-order valence-electron chi connectivity index (χ3n) is 9.52. The van der Waals surface area contributed by atoms with Gasteiger partial charge in [-0.3, -0.25) is 0 Å². The van der Waals surface area contributed by atoms with Gasteiger partial charge in [-0.25, -0.2) is 0 Å². The summed E-state index contributed by atoms with van der Waals surface area (Å²) in [7, 11) is 0. The quantitative estimate of drug-likeness (QED) is 0.204. The standard InChI is InChI=1S/C41H24O2/c1-2-11-26-23-38-31(22-25(26)10-1)40-28(14-9-19-37(40)43-38)27-20-21-35-39(24-27)42-36-18-8-7-17-34(36)41(35)32-15-5-3-12-29(32)30-13-4-6-16-33(30)41/h1-24H. The molecule has 0 saturated heterocycles. The topological polar surface area (TPSA) is 22.4 Å². The second-order valence-corrected chi connectivity index (χ2v) is 11.6. The van der Waals surface area contributed by atoms with Gasteiger partial charge in [0.2, 0.25) is 0 Å². The molecule has 2 heteroatoms. The molecule has 0 N–H and O–H groups in total. The fourth-order valence-corrected chi connectivity index (χ4v) is 7.78. The summed E-state index contributed by atoms with van der Waals surface area (Å²) in [6.07, 6.45) is 0. The molecule has 1 aliphatic heterocycles. The van der Waals surface area contributed by atoms with E-state index in [1.807, 2.05) is 0 Å². The Morgan fingerprint density at radius 2 is 1.05 bits per heavy atom. The molecule has 0 saturated carbocycles. The van der Waals surface area contributed by atoms with E-state index in [9.17, 15) is 0 Å². The monoisotopic (exact) mass is 548 g/mol. The highest BCUT2D eigenvalue weighted by atomic mass is 16.5. The second kappa shape index (κ2) is 8.24. The minimum absolute atomic E-state index is 0.455. The summed E-state index contributed by atoms with van der Waals surface area (Å²) in [5.41, 5.74) is 11.1. The van der Waals surface area contributed by atoms with Gasteiger partial charge in [-0.2, -0.15) is 0 Å². The summed E-state index contributed by atoms with van der Waals surface area (Å²) >= 11 is 0. The molecule has 2 heterocycles. The molecular weight excluding hydrogens is 524 g/mol. The highest BCUT2D eigenvalue weighted by Gasteiger charge is 2.50. The Balaban J connectivity index is 1.26. The van der Waals surface area contributed by atoms with Gasteiger partial charge in [0, 0.05) is 21.9 Å². The molecule has 0 unspecified atom stereocenters. The average molecular weight is 549 g/mol. The van der Waals surface area contributed by atoms with Crippen LogP contribution in [0.15, 0.2) is 150 Å². The van der Waals surface area contributed by atoms with Crippen LogP contribution >= 0.6 is 0 Å². The molecule has 10 rings (SSSR count). The minimum atomic E-state index is -0.455. The highest BCUT2D eigenvalue weighted by molar-refractivity contribution is 6.15. The summed E-state index contributed by atoms with van der Waals surface area (Å²) in [6.45, 7) is 0. The molecule has 8 aromatic rings. The van der Waals surface area contributed by atoms with Gasteiger partial charge in [0.1, 0.15) is 22.7 Å². The van der Waals surface area contributed by atoms with Crippen LogP contribution in [0.1, 0.15) is 22.3 Å². The fourth-order valence-electron chi connectivity index (χ4n) is 7.78. The van der Waals surface area contributed by atoms with Crippen LogP contribution in [0.5, 0.6) is 11.5 Å². The van der Waals surface area contributed by atoms with Crippen molar-refractivity contribution >= 4 is 32.7 Å². The molecule has 2 nitrogen and oxygen atoms in total. The number of ether oxygens (including phenoxy) is 1. The number of hydrogen-bond acceptors (Lipinski definition) is 2. The van der Waals surface area contributed by atoms with Crippen molar-refractivity contribution in [3.63, 3.8) is 0 Å². The van der Waals surface area contributed by atoms with Crippen LogP contribution in [0.25, 0.3) is 55.0 Å². The molecule has 0 fully saturated rings. The van der Waals surface area contributed by atoms with Crippen molar-refractivity contribution < 1.29 is 9.15 Å². The first-order valence-electron chi connectivity index (χ1n) is 14.8. The first-order chi connectivity index (χ1) is 21.3. The first kappa shape index (κ1) is 23.0. The predicted molar refractivity (Wildman–Crippen MR) is 174 cm³/mol. The Kier molecular flexibility index (Phi) is 4.41. The highest BCUT2D eigenvalue weighted by Crippen LogP contribution is 2.62. The van der Waals surface area contributed by atoms with Gasteiger partial charge in [-0.1, -0.05) is 115 Å². The van der Waals surface area contributed by atoms with Crippen LogP contribution in [0, 0.1) is 0 Å². The summed E-state index contributed by atoms with van der Waals surface area (Å²) in [6, 6.07) is 52.2. The smallest absolute Gasteiger partial charge is 0.136 e. The number of fused-ring (bicyclic) bond motifs is 13. The van der Waals surface area contributed by atoms with Crippen molar-refractivity contribution in [3.05, 3.63) is 168 Å². The van der Waals surface area contributed by atoms with Crippen LogP contribution in [0.3, 0.4) is 0 Å². The molecule has 7 aromatic carbocycles. The van der Waals surface area contributed by atoms with Crippen molar-refractivity contribution in [2.45, 2.75) is 5.41 Å². The summed E-state index contributed by atoms with van der Waals surface area (Å²) in [5.74, 6) is 1.79. The fraction of sp³-hybridized carbons (Fsp3) is 0.0244. The van der Waals surface area contributed by atoms with Gasteiger partial charge in [0.15, 0.2) is 0 Å². The first-order valence-corrected chi connectivity index (χ1v) is 14.8. The molecule has 1 spiro atoms. The predicted octanol–water partition coefficient (Wildman–Crippen LogP) is 10.9. The van der Waals surface area contributed by atoms with Gasteiger partial charge in [-0.05, 0) is 74.5 Å². The lowest BCUT2D eigenvalue weighted by molar-refractivity contribution is 0.436. The van der Waals surface area contributed by atoms with E-state index in [2.05, 4.69) is 146 Å². The van der Waals surface area contributed by atoms with Crippen LogP contribution in [0.4, 0.5) is 0 Å². The normalized spacial score (nSPS) is 14.0. The molecule has 0 amide bonds. The third kappa shape index (κ3) is 2.92. The van der Waals surface area contributed by atoms with Crippen molar-refractivity contribution in [3.8, 4) is 33.8 Å². The SMILES string of the molecule is c1ccc2c(c1)Oc1cc(-c3cccc4oc5cc6ccccc6cc5c34)ccc1C21c2ccccc2-c2ccccc21. The lowest BCUT2D eigenvalue weighted by Crippen LogP contribution is -2.32. The number of benzene rings is 7. The Hall–Kier alpha value is -5.60. The van der Waals surface area contributed by atoms with E-state index in [-0.39, 0.29) is 0 Å². The Morgan fingerprint density at radius 1 is 0.419 bits per heavy atom. The Labute approximate surface area is 248 Å². The zero-order chi connectivity index (χ0) is 28.1. The van der Waals surface area contributed by atoms with Crippen LogP contribution in [0.2, 0.25) is 0 Å². The van der Waals surface area contributed by atoms with Gasteiger partial charge >= 0.3 is 0 Å². The van der Waals surface area contributed by atoms with Crippen molar-refractivity contribution in [1.29, 1.82) is 0 Å². The van der Waals surface area contributed by atoms with Gasteiger partial charge in [0.05, 0.1) is 5.41 Å². The Morgan fingerprint density at radius 3 is 1.84 bits per heavy atom. The van der Waals surface area contributed by atoms with Crippen molar-refractivity contribution in [2.75, 3.05) is 0 Å². The van der Waals surface area contributed by atoms with E-state index in [1.165, 1.54) is 44.2 Å². The number of furan rings is 1. The average Bonchev–Trinajstić information content (AvgIpc) is 3.57. The van der Waals surface area contributed by atoms with Gasteiger partial charge in [-0.15, -0.1) is 0 Å². The molecule has 0 bridgehead atoms. The number of rotatable bonds is 1. The van der Waals surface area contributed by atoms with E-state index in [1.54, 1.807) is 0 Å². The summed E-state index contributed by atoms with van der Waals surface area (Å²) in [5, 5.41) is 4.64. The van der Waals surface area contributed by atoms with Crippen LogP contribution in [-0.2, 0) is 5.41 Å². The number of para-hydroxylation sites is 1. The van der Waals surface area contributed by atoms with Gasteiger partial charge in [0.25, 0.3) is 0 Å². The summed E-state index contributed by atoms with van der Waals surface area (Å²) in [4.78, 5) is 0. The molecule has 2 aliphatic rings. The molecule has 0 atom stereocenters. The molecule has 1 aliphatic carbocycles. The summed E-state index contributed by atoms with van der Waals surface area (Å²) < 4.78 is 13.2. The third-order valence-corrected chi connectivity index (χ3v) is 9.52. The van der Waals surface area contributed by atoms with E-state index in [4.69, 9.17) is 9.15 Å². The van der Waals surface area contributed by atoms with Crippen LogP contribution in [-0.4, -0.2) is 0 Å². The zero-order valence-electron chi connectivity index (χ0n) is 23.2. The molecular formula is C41H24O2. The lowest BCUT2D eigenvalue weighted by atomic mass is 9.66. The van der Waals surface area contributed by atoms with Gasteiger partial charge < -0.3 is 9.15 Å². The van der Waals surface area contributed by atoms with E-state index < -0.39 is 5.41 Å². The van der Waals surface area contributed by atoms with Crippen molar-refractivity contribution in [1.82, 2.24) is 0 Å². The van der Waals surface area contributed by atoms with E-state index >= 15 is 0 Å². The molecule has 200 valence electrons. The largest absolute Gasteiger partial charge is 0.457 e. The maximum Gasteiger partial charge on any atom is 0.136 e. The minimum Gasteiger partial charge on any atom is -0.457 e. The second-order valence-electron chi connectivity index (χ2n) is 11.6. The number of hydrogen-bond donors (Lipinski definition) is 0. The van der Waals surface area contributed by atoms with Crippen LogP contribution < -0.4 is 4.74 Å². The maximum absolute atomic E-state index is 6.77. The van der Waals surface area contributed by atoms with Crippen molar-refractivity contribution in [2.24, 2.45) is 0 Å². The zero-order valence-corrected chi connectivity index (χ0v) is 23.2. The molecule has 43 heavy (non-hydrogen) atoms. The molecule has 1 aromatic heterocycles. The van der Waals surface area contributed by atoms with E-state index in [0.717, 1.165) is 44.6 Å². The Bertz CT molecular complexity index is 2400. The van der Waals surface area contributed by atoms with E-state index in [0.29, 0.717) is 0 Å².